The second-order valence-electron chi connectivity index (χ2n) is 5.97. The van der Waals surface area contributed by atoms with E-state index in [9.17, 15) is 0 Å². The van der Waals surface area contributed by atoms with Crippen LogP contribution in [0.4, 0.5) is 0 Å². The average Bonchev–Trinajstić information content (AvgIpc) is 2.44. The van der Waals surface area contributed by atoms with Crippen LogP contribution in [0.2, 0.25) is 0 Å². The number of hydrogen-bond acceptors (Lipinski definition) is 4. The lowest BCUT2D eigenvalue weighted by atomic mass is 10.0. The smallest absolute Gasteiger partial charge is 0.119 e. The Kier molecular flexibility index (Phi) is 5.02. The third kappa shape index (κ3) is 3.51. The molecular weight excluding hydrogens is 250 g/mol. The summed E-state index contributed by atoms with van der Waals surface area (Å²) in [6, 6.07) is 9.27. The Morgan fingerprint density at radius 2 is 1.95 bits per heavy atom. The van der Waals surface area contributed by atoms with Gasteiger partial charge in [-0.3, -0.25) is 9.80 Å². The van der Waals surface area contributed by atoms with Crippen LogP contribution in [-0.2, 0) is 0 Å². The second kappa shape index (κ2) is 6.57. The second-order valence-corrected chi connectivity index (χ2v) is 5.97. The van der Waals surface area contributed by atoms with Gasteiger partial charge in [0.1, 0.15) is 5.75 Å². The third-order valence-electron chi connectivity index (χ3n) is 4.41. The molecule has 4 nitrogen and oxygen atoms in total. The predicted octanol–water partition coefficient (Wildman–Crippen LogP) is 1.72. The van der Waals surface area contributed by atoms with E-state index in [1.165, 1.54) is 0 Å². The van der Waals surface area contributed by atoms with Crippen LogP contribution in [0.1, 0.15) is 25.5 Å². The van der Waals surface area contributed by atoms with Crippen molar-refractivity contribution in [2.45, 2.75) is 32.0 Å². The van der Waals surface area contributed by atoms with Gasteiger partial charge in [-0.15, -0.1) is 0 Å². The summed E-state index contributed by atoms with van der Waals surface area (Å²) < 4.78 is 5.27. The molecule has 112 valence electrons. The van der Waals surface area contributed by atoms with Crippen molar-refractivity contribution in [1.82, 2.24) is 9.80 Å². The maximum absolute atomic E-state index is 6.36. The van der Waals surface area contributed by atoms with Crippen molar-refractivity contribution >= 4 is 0 Å². The number of piperazine rings is 1. The number of benzene rings is 1. The van der Waals surface area contributed by atoms with Crippen LogP contribution in [0.3, 0.4) is 0 Å². The fraction of sp³-hybridized carbons (Fsp3) is 0.625. The van der Waals surface area contributed by atoms with Crippen molar-refractivity contribution in [1.29, 1.82) is 0 Å². The van der Waals surface area contributed by atoms with E-state index in [2.05, 4.69) is 36.8 Å². The number of nitrogens with zero attached hydrogens (tertiary/aromatic N) is 2. The molecule has 1 heterocycles. The maximum Gasteiger partial charge on any atom is 0.119 e. The number of ether oxygens (including phenoxy) is 1. The highest BCUT2D eigenvalue weighted by Gasteiger charge is 2.27. The van der Waals surface area contributed by atoms with Gasteiger partial charge in [-0.05, 0) is 38.6 Å². The minimum atomic E-state index is 0.0351. The Morgan fingerprint density at radius 1 is 1.30 bits per heavy atom. The van der Waals surface area contributed by atoms with Crippen LogP contribution in [-0.4, -0.2) is 55.7 Å². The summed E-state index contributed by atoms with van der Waals surface area (Å²) in [5.74, 6) is 0.873. The largest absolute Gasteiger partial charge is 0.497 e. The van der Waals surface area contributed by atoms with Gasteiger partial charge >= 0.3 is 0 Å². The average molecular weight is 277 g/mol. The predicted molar refractivity (Wildman–Crippen MR) is 83.0 cm³/mol. The van der Waals surface area contributed by atoms with Gasteiger partial charge < -0.3 is 10.5 Å². The molecule has 0 aromatic heterocycles. The Bertz CT molecular complexity index is 425. The van der Waals surface area contributed by atoms with Crippen molar-refractivity contribution in [3.63, 3.8) is 0 Å². The first-order chi connectivity index (χ1) is 9.51. The molecule has 0 aliphatic carbocycles. The zero-order chi connectivity index (χ0) is 14.7. The first kappa shape index (κ1) is 15.3. The monoisotopic (exact) mass is 277 g/mol. The van der Waals surface area contributed by atoms with Crippen LogP contribution < -0.4 is 10.5 Å². The lowest BCUT2D eigenvalue weighted by molar-refractivity contribution is 0.0566. The molecule has 4 heteroatoms. The molecule has 1 aromatic rings. The summed E-state index contributed by atoms with van der Waals surface area (Å²) in [5.41, 5.74) is 7.51. The van der Waals surface area contributed by atoms with Gasteiger partial charge in [0.15, 0.2) is 0 Å². The van der Waals surface area contributed by atoms with Gasteiger partial charge in [0, 0.05) is 37.8 Å². The summed E-state index contributed by atoms with van der Waals surface area (Å²) in [4.78, 5) is 4.91. The van der Waals surface area contributed by atoms with Gasteiger partial charge in [-0.1, -0.05) is 12.1 Å². The van der Waals surface area contributed by atoms with E-state index >= 15 is 0 Å². The lowest BCUT2D eigenvalue weighted by Gasteiger charge is -2.43. The van der Waals surface area contributed by atoms with Crippen LogP contribution in [0.5, 0.6) is 5.75 Å². The van der Waals surface area contributed by atoms with E-state index in [0.717, 1.165) is 30.9 Å². The minimum Gasteiger partial charge on any atom is -0.497 e. The Balaban J connectivity index is 1.98. The minimum absolute atomic E-state index is 0.0351. The van der Waals surface area contributed by atoms with Crippen LogP contribution >= 0.6 is 0 Å². The van der Waals surface area contributed by atoms with Crippen molar-refractivity contribution in [2.75, 3.05) is 33.8 Å². The Hall–Kier alpha value is -1.10. The highest BCUT2D eigenvalue weighted by molar-refractivity contribution is 5.30. The summed E-state index contributed by atoms with van der Waals surface area (Å²) in [6.07, 6.45) is 0. The molecule has 0 bridgehead atoms. The summed E-state index contributed by atoms with van der Waals surface area (Å²) in [6.45, 7) is 7.62. The summed E-state index contributed by atoms with van der Waals surface area (Å²) >= 11 is 0. The van der Waals surface area contributed by atoms with Crippen molar-refractivity contribution in [3.05, 3.63) is 29.8 Å². The standard InChI is InChI=1S/C16H27N3O/c1-12-9-19(10-13(2)18(12)3)11-16(17)14-6-5-7-15(8-14)20-4/h5-8,12-13,16H,9-11,17H2,1-4H3. The van der Waals surface area contributed by atoms with Crippen LogP contribution in [0, 0.1) is 0 Å². The number of nitrogens with two attached hydrogens (primary N) is 1. The van der Waals surface area contributed by atoms with Gasteiger partial charge in [0.05, 0.1) is 7.11 Å². The molecule has 3 atom stereocenters. The fourth-order valence-corrected chi connectivity index (χ4v) is 2.92. The quantitative estimate of drug-likeness (QED) is 0.910. The zero-order valence-corrected chi connectivity index (χ0v) is 13.0. The third-order valence-corrected chi connectivity index (χ3v) is 4.41. The van der Waals surface area contributed by atoms with Gasteiger partial charge in [-0.2, -0.15) is 0 Å². The molecule has 0 radical (unpaired) electrons. The summed E-state index contributed by atoms with van der Waals surface area (Å²) in [7, 11) is 3.89. The van der Waals surface area contributed by atoms with Crippen LogP contribution in [0.25, 0.3) is 0 Å². The molecule has 3 unspecified atom stereocenters. The number of hydrogen-bond donors (Lipinski definition) is 1. The molecule has 0 amide bonds. The topological polar surface area (TPSA) is 41.7 Å². The Labute approximate surface area is 122 Å². The lowest BCUT2D eigenvalue weighted by Crippen LogP contribution is -2.55. The molecule has 1 aliphatic heterocycles. The van der Waals surface area contributed by atoms with E-state index < -0.39 is 0 Å². The molecule has 20 heavy (non-hydrogen) atoms. The molecule has 1 fully saturated rings. The normalized spacial score (nSPS) is 26.4. The first-order valence-corrected chi connectivity index (χ1v) is 7.35. The highest BCUT2D eigenvalue weighted by atomic mass is 16.5. The fourth-order valence-electron chi connectivity index (χ4n) is 2.92. The zero-order valence-electron chi connectivity index (χ0n) is 13.0. The van der Waals surface area contributed by atoms with E-state index in [4.69, 9.17) is 10.5 Å². The molecule has 1 aromatic carbocycles. The van der Waals surface area contributed by atoms with Gasteiger partial charge in [0.25, 0.3) is 0 Å². The molecule has 2 N–H and O–H groups in total. The van der Waals surface area contributed by atoms with Gasteiger partial charge in [0.2, 0.25) is 0 Å². The van der Waals surface area contributed by atoms with Crippen LogP contribution in [0.15, 0.2) is 24.3 Å². The summed E-state index contributed by atoms with van der Waals surface area (Å²) in [5, 5.41) is 0. The van der Waals surface area contributed by atoms with Crippen molar-refractivity contribution in [3.8, 4) is 5.75 Å². The van der Waals surface area contributed by atoms with E-state index in [1.807, 2.05) is 18.2 Å². The molecule has 1 aliphatic rings. The van der Waals surface area contributed by atoms with E-state index in [1.54, 1.807) is 7.11 Å². The molecule has 0 spiro atoms. The molecular formula is C16H27N3O. The number of likely N-dealkylation sites (N-methyl/N-ethyl adjacent to an activating group) is 1. The molecule has 0 saturated carbocycles. The van der Waals surface area contributed by atoms with Crippen molar-refractivity contribution < 1.29 is 4.74 Å². The SMILES string of the molecule is COc1cccc(C(N)CN2CC(C)N(C)C(C)C2)c1. The van der Waals surface area contributed by atoms with E-state index in [0.29, 0.717) is 12.1 Å². The maximum atomic E-state index is 6.36. The van der Waals surface area contributed by atoms with Crippen molar-refractivity contribution in [2.24, 2.45) is 5.73 Å². The number of rotatable bonds is 4. The van der Waals surface area contributed by atoms with E-state index in [-0.39, 0.29) is 6.04 Å². The van der Waals surface area contributed by atoms with Gasteiger partial charge in [-0.25, -0.2) is 0 Å². The first-order valence-electron chi connectivity index (χ1n) is 7.35. The Morgan fingerprint density at radius 3 is 2.55 bits per heavy atom. The highest BCUT2D eigenvalue weighted by Crippen LogP contribution is 2.20. The molecule has 1 saturated heterocycles. The number of methoxy groups -OCH3 is 1. The molecule has 2 rings (SSSR count).